The number of aromatic nitrogens is 2. The summed E-state index contributed by atoms with van der Waals surface area (Å²) in [6.45, 7) is 2.63. The molecular formula is C17H17N3O2S. The van der Waals surface area contributed by atoms with Gasteiger partial charge in [-0.05, 0) is 24.6 Å². The molecule has 1 aromatic heterocycles. The fourth-order valence-electron chi connectivity index (χ4n) is 2.18. The molecule has 6 heteroatoms. The second-order valence-electron chi connectivity index (χ2n) is 5.30. The van der Waals surface area contributed by atoms with Gasteiger partial charge in [0, 0.05) is 12.3 Å². The van der Waals surface area contributed by atoms with E-state index in [-0.39, 0.29) is 4.90 Å². The Labute approximate surface area is 135 Å². The summed E-state index contributed by atoms with van der Waals surface area (Å²) in [4.78, 5) is 0.216. The maximum Gasteiger partial charge on any atom is 0.263 e. The van der Waals surface area contributed by atoms with Gasteiger partial charge in [-0.25, -0.2) is 8.42 Å². The van der Waals surface area contributed by atoms with Crippen molar-refractivity contribution in [1.29, 1.82) is 0 Å². The van der Waals surface area contributed by atoms with Crippen molar-refractivity contribution >= 4 is 15.8 Å². The molecule has 0 aliphatic carbocycles. The molecule has 3 rings (SSSR count). The average Bonchev–Trinajstić information content (AvgIpc) is 2.97. The number of anilines is 1. The van der Waals surface area contributed by atoms with Crippen LogP contribution < -0.4 is 4.72 Å². The van der Waals surface area contributed by atoms with Gasteiger partial charge < -0.3 is 0 Å². The van der Waals surface area contributed by atoms with E-state index in [1.54, 1.807) is 47.3 Å². The minimum Gasteiger partial charge on any atom is -0.266 e. The summed E-state index contributed by atoms with van der Waals surface area (Å²) in [5, 5.41) is 4.27. The number of aryl methyl sites for hydroxylation is 1. The van der Waals surface area contributed by atoms with Crippen molar-refractivity contribution in [3.8, 4) is 0 Å². The first-order chi connectivity index (χ1) is 11.0. The van der Waals surface area contributed by atoms with Gasteiger partial charge in [-0.2, -0.15) is 5.10 Å². The van der Waals surface area contributed by atoms with Crippen molar-refractivity contribution in [2.75, 3.05) is 4.72 Å². The molecule has 0 unspecified atom stereocenters. The van der Waals surface area contributed by atoms with Gasteiger partial charge in [-0.15, -0.1) is 0 Å². The molecule has 0 saturated carbocycles. The maximum atomic E-state index is 12.2. The fourth-order valence-corrected chi connectivity index (χ4v) is 3.20. The van der Waals surface area contributed by atoms with Crippen molar-refractivity contribution in [2.24, 2.45) is 0 Å². The number of hydrogen-bond donors (Lipinski definition) is 1. The van der Waals surface area contributed by atoms with E-state index in [2.05, 4.69) is 9.82 Å². The Hall–Kier alpha value is -2.60. The molecule has 0 aliphatic rings. The lowest BCUT2D eigenvalue weighted by Crippen LogP contribution is -2.13. The molecule has 0 saturated heterocycles. The highest BCUT2D eigenvalue weighted by Gasteiger charge is 2.14. The van der Waals surface area contributed by atoms with Crippen LogP contribution in [0.25, 0.3) is 0 Å². The van der Waals surface area contributed by atoms with Crippen LogP contribution in [0.3, 0.4) is 0 Å². The van der Waals surface area contributed by atoms with Gasteiger partial charge in [0.15, 0.2) is 5.82 Å². The topological polar surface area (TPSA) is 64.0 Å². The molecule has 118 valence electrons. The van der Waals surface area contributed by atoms with Crippen LogP contribution in [-0.4, -0.2) is 18.2 Å². The Morgan fingerprint density at radius 1 is 1.00 bits per heavy atom. The van der Waals surface area contributed by atoms with E-state index in [9.17, 15) is 8.42 Å². The predicted molar refractivity (Wildman–Crippen MR) is 89.8 cm³/mol. The van der Waals surface area contributed by atoms with Crippen LogP contribution >= 0.6 is 0 Å². The van der Waals surface area contributed by atoms with Crippen molar-refractivity contribution in [1.82, 2.24) is 9.78 Å². The van der Waals surface area contributed by atoms with E-state index in [1.807, 2.05) is 31.2 Å². The smallest absolute Gasteiger partial charge is 0.263 e. The summed E-state index contributed by atoms with van der Waals surface area (Å²) >= 11 is 0. The van der Waals surface area contributed by atoms with E-state index < -0.39 is 10.0 Å². The second kappa shape index (κ2) is 6.26. The molecule has 0 bridgehead atoms. The zero-order valence-corrected chi connectivity index (χ0v) is 13.5. The Kier molecular flexibility index (Phi) is 4.16. The molecule has 0 amide bonds. The first-order valence-corrected chi connectivity index (χ1v) is 8.68. The molecule has 1 N–H and O–H groups in total. The largest absolute Gasteiger partial charge is 0.266 e. The third-order valence-corrected chi connectivity index (χ3v) is 4.77. The van der Waals surface area contributed by atoms with Gasteiger partial charge in [0.1, 0.15) is 0 Å². The minimum absolute atomic E-state index is 0.216. The SMILES string of the molecule is Cc1ccc(Cn2ccc(NS(=O)(=O)c3ccccc3)n2)cc1. The second-order valence-corrected chi connectivity index (χ2v) is 6.99. The van der Waals surface area contributed by atoms with Crippen molar-refractivity contribution in [3.05, 3.63) is 78.0 Å². The number of hydrogen-bond acceptors (Lipinski definition) is 3. The molecule has 0 atom stereocenters. The molecule has 0 spiro atoms. The van der Waals surface area contributed by atoms with Gasteiger partial charge in [0.05, 0.1) is 11.4 Å². The Bertz CT molecular complexity index is 885. The van der Waals surface area contributed by atoms with Crippen molar-refractivity contribution < 1.29 is 8.42 Å². The van der Waals surface area contributed by atoms with E-state index in [4.69, 9.17) is 0 Å². The van der Waals surface area contributed by atoms with Gasteiger partial charge in [0.2, 0.25) is 0 Å². The van der Waals surface area contributed by atoms with Gasteiger partial charge >= 0.3 is 0 Å². The fraction of sp³-hybridized carbons (Fsp3) is 0.118. The quantitative estimate of drug-likeness (QED) is 0.783. The molecule has 0 fully saturated rings. The number of sulfonamides is 1. The minimum atomic E-state index is -3.60. The van der Waals surface area contributed by atoms with Crippen molar-refractivity contribution in [3.63, 3.8) is 0 Å². The number of nitrogens with one attached hydrogen (secondary N) is 1. The van der Waals surface area contributed by atoms with Crippen LogP contribution in [0.4, 0.5) is 5.82 Å². The summed E-state index contributed by atoms with van der Waals surface area (Å²) in [7, 11) is -3.60. The van der Waals surface area contributed by atoms with Gasteiger partial charge in [-0.1, -0.05) is 48.0 Å². The highest BCUT2D eigenvalue weighted by atomic mass is 32.2. The summed E-state index contributed by atoms with van der Waals surface area (Å²) < 4.78 is 28.7. The third kappa shape index (κ3) is 3.78. The Balaban J connectivity index is 1.73. The van der Waals surface area contributed by atoms with Gasteiger partial charge in [-0.3, -0.25) is 9.40 Å². The molecule has 23 heavy (non-hydrogen) atoms. The number of benzene rings is 2. The van der Waals surface area contributed by atoms with E-state index >= 15 is 0 Å². The predicted octanol–water partition coefficient (Wildman–Crippen LogP) is 3.04. The van der Waals surface area contributed by atoms with Crippen LogP contribution in [0.5, 0.6) is 0 Å². The molecule has 5 nitrogen and oxygen atoms in total. The Morgan fingerprint density at radius 3 is 2.39 bits per heavy atom. The molecular weight excluding hydrogens is 310 g/mol. The standard InChI is InChI=1S/C17H17N3O2S/c1-14-7-9-15(10-8-14)13-20-12-11-17(18-20)19-23(21,22)16-5-3-2-4-6-16/h2-12H,13H2,1H3,(H,18,19). The highest BCUT2D eigenvalue weighted by Crippen LogP contribution is 2.14. The molecule has 0 radical (unpaired) electrons. The average molecular weight is 327 g/mol. The summed E-state index contributed by atoms with van der Waals surface area (Å²) in [6, 6.07) is 18.0. The summed E-state index contributed by atoms with van der Waals surface area (Å²) in [5.74, 6) is 0.306. The number of nitrogens with zero attached hydrogens (tertiary/aromatic N) is 2. The molecule has 2 aromatic carbocycles. The van der Waals surface area contributed by atoms with Crippen LogP contribution in [0.1, 0.15) is 11.1 Å². The maximum absolute atomic E-state index is 12.2. The van der Waals surface area contributed by atoms with Crippen LogP contribution in [0, 0.1) is 6.92 Å². The van der Waals surface area contributed by atoms with E-state index in [1.165, 1.54) is 5.56 Å². The molecule has 0 aliphatic heterocycles. The highest BCUT2D eigenvalue weighted by molar-refractivity contribution is 7.92. The lowest BCUT2D eigenvalue weighted by molar-refractivity contribution is 0.600. The monoisotopic (exact) mass is 327 g/mol. The van der Waals surface area contributed by atoms with Crippen LogP contribution in [0.2, 0.25) is 0 Å². The zero-order valence-electron chi connectivity index (χ0n) is 12.7. The Morgan fingerprint density at radius 2 is 1.70 bits per heavy atom. The van der Waals surface area contributed by atoms with Crippen LogP contribution in [-0.2, 0) is 16.6 Å². The summed E-state index contributed by atoms with van der Waals surface area (Å²) in [6.07, 6.45) is 1.75. The summed E-state index contributed by atoms with van der Waals surface area (Å²) in [5.41, 5.74) is 2.31. The first-order valence-electron chi connectivity index (χ1n) is 7.20. The van der Waals surface area contributed by atoms with Crippen molar-refractivity contribution in [2.45, 2.75) is 18.4 Å². The van der Waals surface area contributed by atoms with E-state index in [0.717, 1.165) is 5.56 Å². The molecule has 3 aromatic rings. The lowest BCUT2D eigenvalue weighted by Gasteiger charge is -2.05. The zero-order chi connectivity index (χ0) is 16.3. The third-order valence-electron chi connectivity index (χ3n) is 3.40. The first kappa shape index (κ1) is 15.3. The normalized spacial score (nSPS) is 11.3. The van der Waals surface area contributed by atoms with E-state index in [0.29, 0.717) is 12.4 Å². The number of rotatable bonds is 5. The molecule has 1 heterocycles. The van der Waals surface area contributed by atoms with Gasteiger partial charge in [0.25, 0.3) is 10.0 Å². The lowest BCUT2D eigenvalue weighted by atomic mass is 10.1. The van der Waals surface area contributed by atoms with Crippen LogP contribution in [0.15, 0.2) is 71.8 Å².